The molecule has 0 radical (unpaired) electrons. The molecule has 2 saturated heterocycles. The summed E-state index contributed by atoms with van der Waals surface area (Å²) in [5, 5.41) is 3.39. The van der Waals surface area contributed by atoms with E-state index in [0.29, 0.717) is 5.78 Å². The maximum atomic E-state index is 11.3. The van der Waals surface area contributed by atoms with Crippen LogP contribution in [-0.4, -0.2) is 66.9 Å². The maximum absolute atomic E-state index is 11.3. The number of carbonyl (C=O) groups excluding carboxylic acids is 1. The predicted molar refractivity (Wildman–Crippen MR) is 69.2 cm³/mol. The summed E-state index contributed by atoms with van der Waals surface area (Å²) in [6.07, 6.45) is 1.48. The fraction of sp³-hybridized carbons (Fsp3) is 0.923. The van der Waals surface area contributed by atoms with Crippen molar-refractivity contribution in [3.8, 4) is 0 Å². The summed E-state index contributed by atoms with van der Waals surface area (Å²) in [4.78, 5) is 16.3. The number of hydrogen-bond acceptors (Lipinski definition) is 4. The number of carbonyl (C=O) groups is 1. The van der Waals surface area contributed by atoms with Gasteiger partial charge in [0.2, 0.25) is 0 Å². The number of likely N-dealkylation sites (tertiary alicyclic amines) is 1. The molecule has 1 N–H and O–H groups in total. The van der Waals surface area contributed by atoms with E-state index < -0.39 is 0 Å². The van der Waals surface area contributed by atoms with E-state index in [1.54, 1.807) is 0 Å². The number of hydrogen-bond donors (Lipinski definition) is 1. The molecular formula is C13H25N3O. The largest absolute Gasteiger partial charge is 0.314 e. The van der Waals surface area contributed by atoms with E-state index in [9.17, 15) is 4.79 Å². The van der Waals surface area contributed by atoms with Gasteiger partial charge in [-0.15, -0.1) is 0 Å². The molecule has 0 amide bonds. The minimum absolute atomic E-state index is 0.192. The van der Waals surface area contributed by atoms with Crippen molar-refractivity contribution in [2.24, 2.45) is 0 Å². The molecule has 0 unspecified atom stereocenters. The second-order valence-electron chi connectivity index (χ2n) is 5.86. The molecule has 2 rings (SSSR count). The van der Waals surface area contributed by atoms with E-state index >= 15 is 0 Å². The first-order chi connectivity index (χ1) is 8.08. The molecule has 0 saturated carbocycles. The number of ketones is 1. The molecule has 0 spiro atoms. The first-order valence-corrected chi connectivity index (χ1v) is 6.78. The molecular weight excluding hydrogens is 214 g/mol. The second-order valence-corrected chi connectivity index (χ2v) is 5.86. The third-order valence-electron chi connectivity index (χ3n) is 4.00. The van der Waals surface area contributed by atoms with Gasteiger partial charge in [-0.3, -0.25) is 14.6 Å². The standard InChI is InChI=1S/C13H25N3O/c1-13(2,11-15-9-5-14-6-10-15)16-7-3-12(17)4-8-16/h14H,3-11H2,1-2H3. The van der Waals surface area contributed by atoms with Gasteiger partial charge in [-0.05, 0) is 13.8 Å². The van der Waals surface area contributed by atoms with Crippen LogP contribution in [0.1, 0.15) is 26.7 Å². The number of rotatable bonds is 3. The summed E-state index contributed by atoms with van der Waals surface area (Å²) < 4.78 is 0. The number of nitrogens with zero attached hydrogens (tertiary/aromatic N) is 2. The van der Waals surface area contributed by atoms with Crippen molar-refractivity contribution in [3.63, 3.8) is 0 Å². The Morgan fingerprint density at radius 2 is 1.71 bits per heavy atom. The molecule has 0 aromatic rings. The Bertz CT molecular complexity index is 262. The van der Waals surface area contributed by atoms with Gasteiger partial charge >= 0.3 is 0 Å². The van der Waals surface area contributed by atoms with Gasteiger partial charge in [0.05, 0.1) is 0 Å². The lowest BCUT2D eigenvalue weighted by Crippen LogP contribution is -2.57. The monoisotopic (exact) mass is 239 g/mol. The highest BCUT2D eigenvalue weighted by Gasteiger charge is 2.31. The number of nitrogens with one attached hydrogen (secondary N) is 1. The van der Waals surface area contributed by atoms with Gasteiger partial charge in [-0.2, -0.15) is 0 Å². The molecule has 2 aliphatic heterocycles. The van der Waals surface area contributed by atoms with Crippen LogP contribution in [0.4, 0.5) is 0 Å². The zero-order chi connectivity index (χ0) is 12.3. The van der Waals surface area contributed by atoms with Gasteiger partial charge in [0.15, 0.2) is 0 Å². The average Bonchev–Trinajstić information content (AvgIpc) is 2.30. The lowest BCUT2D eigenvalue weighted by atomic mass is 9.97. The van der Waals surface area contributed by atoms with Crippen molar-refractivity contribution in [3.05, 3.63) is 0 Å². The lowest BCUT2D eigenvalue weighted by Gasteiger charge is -2.44. The Labute approximate surface area is 104 Å². The maximum Gasteiger partial charge on any atom is 0.135 e. The van der Waals surface area contributed by atoms with Gasteiger partial charge in [0.1, 0.15) is 5.78 Å². The molecule has 98 valence electrons. The first-order valence-electron chi connectivity index (χ1n) is 6.78. The van der Waals surface area contributed by atoms with Crippen LogP contribution in [0.3, 0.4) is 0 Å². The van der Waals surface area contributed by atoms with Crippen molar-refractivity contribution < 1.29 is 4.79 Å². The smallest absolute Gasteiger partial charge is 0.135 e. The van der Waals surface area contributed by atoms with Gasteiger partial charge in [-0.25, -0.2) is 0 Å². The van der Waals surface area contributed by atoms with Crippen molar-refractivity contribution in [1.82, 2.24) is 15.1 Å². The Balaban J connectivity index is 1.86. The molecule has 4 heteroatoms. The van der Waals surface area contributed by atoms with Gasteiger partial charge < -0.3 is 5.32 Å². The van der Waals surface area contributed by atoms with Gasteiger partial charge in [0.25, 0.3) is 0 Å². The molecule has 0 bridgehead atoms. The zero-order valence-electron chi connectivity index (χ0n) is 11.2. The van der Waals surface area contributed by atoms with Gasteiger partial charge in [-0.1, -0.05) is 0 Å². The fourth-order valence-corrected chi connectivity index (χ4v) is 2.88. The Morgan fingerprint density at radius 3 is 2.29 bits per heavy atom. The molecule has 0 aromatic heterocycles. The summed E-state index contributed by atoms with van der Waals surface area (Å²) >= 11 is 0. The first kappa shape index (κ1) is 13.0. The van der Waals surface area contributed by atoms with Crippen LogP contribution in [0.2, 0.25) is 0 Å². The number of Topliss-reactive ketones (excluding diaryl/α,β-unsaturated/α-hetero) is 1. The molecule has 2 fully saturated rings. The van der Waals surface area contributed by atoms with Crippen LogP contribution in [0.25, 0.3) is 0 Å². The third-order valence-corrected chi connectivity index (χ3v) is 4.00. The quantitative estimate of drug-likeness (QED) is 0.770. The normalized spacial score (nSPS) is 25.2. The molecule has 0 aliphatic carbocycles. The SMILES string of the molecule is CC(C)(CN1CCNCC1)N1CCC(=O)CC1. The van der Waals surface area contributed by atoms with Crippen LogP contribution in [0, 0.1) is 0 Å². The van der Waals surface area contributed by atoms with E-state index in [4.69, 9.17) is 0 Å². The Morgan fingerprint density at radius 1 is 1.12 bits per heavy atom. The van der Waals surface area contributed by atoms with Crippen molar-refractivity contribution in [2.45, 2.75) is 32.2 Å². The molecule has 4 nitrogen and oxygen atoms in total. The molecule has 2 heterocycles. The highest BCUT2D eigenvalue weighted by atomic mass is 16.1. The molecule has 0 atom stereocenters. The van der Waals surface area contributed by atoms with Crippen molar-refractivity contribution in [1.29, 1.82) is 0 Å². The minimum Gasteiger partial charge on any atom is -0.314 e. The topological polar surface area (TPSA) is 35.6 Å². The van der Waals surface area contributed by atoms with Crippen LogP contribution in [0.5, 0.6) is 0 Å². The van der Waals surface area contributed by atoms with E-state index in [2.05, 4.69) is 29.0 Å². The molecule has 0 aromatic carbocycles. The lowest BCUT2D eigenvalue weighted by molar-refractivity contribution is -0.122. The highest BCUT2D eigenvalue weighted by molar-refractivity contribution is 5.79. The fourth-order valence-electron chi connectivity index (χ4n) is 2.88. The van der Waals surface area contributed by atoms with E-state index in [1.807, 2.05) is 0 Å². The highest BCUT2D eigenvalue weighted by Crippen LogP contribution is 2.20. The number of piperidine rings is 1. The van der Waals surface area contributed by atoms with E-state index in [-0.39, 0.29) is 5.54 Å². The van der Waals surface area contributed by atoms with Crippen LogP contribution >= 0.6 is 0 Å². The van der Waals surface area contributed by atoms with Crippen LogP contribution in [-0.2, 0) is 4.79 Å². The Kier molecular flexibility index (Phi) is 4.17. The summed E-state index contributed by atoms with van der Waals surface area (Å²) in [7, 11) is 0. The molecule has 2 aliphatic rings. The predicted octanol–water partition coefficient (Wildman–Crippen LogP) is 0.335. The summed E-state index contributed by atoms with van der Waals surface area (Å²) in [5.41, 5.74) is 0.192. The van der Waals surface area contributed by atoms with E-state index in [1.165, 1.54) is 0 Å². The van der Waals surface area contributed by atoms with Crippen LogP contribution < -0.4 is 5.32 Å². The van der Waals surface area contributed by atoms with Gasteiger partial charge in [0, 0.05) is 64.2 Å². The zero-order valence-corrected chi connectivity index (χ0v) is 11.2. The van der Waals surface area contributed by atoms with E-state index in [0.717, 1.165) is 58.7 Å². The number of piperazine rings is 1. The van der Waals surface area contributed by atoms with Crippen molar-refractivity contribution in [2.75, 3.05) is 45.8 Å². The summed E-state index contributed by atoms with van der Waals surface area (Å²) in [6, 6.07) is 0. The third kappa shape index (κ3) is 3.50. The Hall–Kier alpha value is -0.450. The van der Waals surface area contributed by atoms with Crippen molar-refractivity contribution >= 4 is 5.78 Å². The summed E-state index contributed by atoms with van der Waals surface area (Å²) in [5.74, 6) is 0.430. The summed E-state index contributed by atoms with van der Waals surface area (Å²) in [6.45, 7) is 12.1. The second kappa shape index (κ2) is 5.46. The van der Waals surface area contributed by atoms with Crippen LogP contribution in [0.15, 0.2) is 0 Å². The average molecular weight is 239 g/mol. The minimum atomic E-state index is 0.192. The molecule has 17 heavy (non-hydrogen) atoms.